The van der Waals surface area contributed by atoms with Gasteiger partial charge in [-0.25, -0.2) is 0 Å². The number of carbonyl (C=O) groups is 1. The lowest BCUT2D eigenvalue weighted by molar-refractivity contribution is -0.156. The SMILES string of the molecule is CCCC1(O)CN(C(=O)CCC2CCCC2)C1. The van der Waals surface area contributed by atoms with Crippen molar-refractivity contribution in [1.82, 2.24) is 4.90 Å². The fraction of sp³-hybridized carbons (Fsp3) is 0.929. The molecule has 1 aliphatic carbocycles. The molecule has 1 amide bonds. The van der Waals surface area contributed by atoms with Gasteiger partial charge >= 0.3 is 0 Å². The van der Waals surface area contributed by atoms with Crippen molar-refractivity contribution in [2.75, 3.05) is 13.1 Å². The van der Waals surface area contributed by atoms with Gasteiger partial charge in [0.15, 0.2) is 0 Å². The first-order valence-electron chi connectivity index (χ1n) is 7.13. The van der Waals surface area contributed by atoms with Gasteiger partial charge in [0.1, 0.15) is 0 Å². The second-order valence-corrected chi connectivity index (χ2v) is 5.91. The molecule has 98 valence electrons. The third kappa shape index (κ3) is 3.21. The van der Waals surface area contributed by atoms with Crippen molar-refractivity contribution in [3.8, 4) is 0 Å². The number of amides is 1. The molecule has 0 bridgehead atoms. The minimum Gasteiger partial charge on any atom is -0.386 e. The van der Waals surface area contributed by atoms with E-state index >= 15 is 0 Å². The highest BCUT2D eigenvalue weighted by molar-refractivity contribution is 5.77. The summed E-state index contributed by atoms with van der Waals surface area (Å²) in [5, 5.41) is 10.0. The fourth-order valence-electron chi connectivity index (χ4n) is 3.25. The Morgan fingerprint density at radius 1 is 1.35 bits per heavy atom. The Balaban J connectivity index is 1.65. The molecule has 1 N–H and O–H groups in total. The molecule has 2 rings (SSSR count). The third-order valence-electron chi connectivity index (χ3n) is 4.28. The maximum atomic E-state index is 11.9. The first-order valence-corrected chi connectivity index (χ1v) is 7.13. The third-order valence-corrected chi connectivity index (χ3v) is 4.28. The topological polar surface area (TPSA) is 40.5 Å². The van der Waals surface area contributed by atoms with E-state index in [1.807, 2.05) is 4.90 Å². The van der Waals surface area contributed by atoms with E-state index < -0.39 is 5.60 Å². The number of hydrogen-bond donors (Lipinski definition) is 1. The molecule has 1 saturated heterocycles. The van der Waals surface area contributed by atoms with Crippen LogP contribution in [0.1, 0.15) is 58.3 Å². The summed E-state index contributed by atoms with van der Waals surface area (Å²) in [5.41, 5.74) is -0.572. The molecule has 0 radical (unpaired) electrons. The molecular formula is C14H25NO2. The quantitative estimate of drug-likeness (QED) is 0.800. The highest BCUT2D eigenvalue weighted by Gasteiger charge is 2.42. The Kier molecular flexibility index (Phi) is 4.08. The molecular weight excluding hydrogens is 214 g/mol. The standard InChI is InChI=1S/C14H25NO2/c1-2-9-14(17)10-15(11-14)13(16)8-7-12-5-3-4-6-12/h12,17H,2-11H2,1H3. The summed E-state index contributed by atoms with van der Waals surface area (Å²) < 4.78 is 0. The summed E-state index contributed by atoms with van der Waals surface area (Å²) in [4.78, 5) is 13.7. The van der Waals surface area contributed by atoms with Gasteiger partial charge in [0.2, 0.25) is 5.91 Å². The molecule has 1 heterocycles. The van der Waals surface area contributed by atoms with E-state index in [0.717, 1.165) is 25.2 Å². The van der Waals surface area contributed by atoms with Crippen LogP contribution in [-0.4, -0.2) is 34.6 Å². The van der Waals surface area contributed by atoms with Crippen LogP contribution >= 0.6 is 0 Å². The van der Waals surface area contributed by atoms with Gasteiger partial charge in [-0.2, -0.15) is 0 Å². The van der Waals surface area contributed by atoms with Crippen molar-refractivity contribution in [3.05, 3.63) is 0 Å². The van der Waals surface area contributed by atoms with E-state index in [2.05, 4.69) is 6.92 Å². The van der Waals surface area contributed by atoms with E-state index in [1.54, 1.807) is 0 Å². The Morgan fingerprint density at radius 2 is 2.00 bits per heavy atom. The molecule has 0 aromatic rings. The number of likely N-dealkylation sites (tertiary alicyclic amines) is 1. The predicted molar refractivity (Wildman–Crippen MR) is 67.6 cm³/mol. The van der Waals surface area contributed by atoms with Crippen LogP contribution in [0, 0.1) is 5.92 Å². The van der Waals surface area contributed by atoms with Crippen LogP contribution < -0.4 is 0 Å². The highest BCUT2D eigenvalue weighted by atomic mass is 16.3. The Labute approximate surface area is 104 Å². The summed E-state index contributed by atoms with van der Waals surface area (Å²) in [6.07, 6.45) is 8.87. The van der Waals surface area contributed by atoms with Gasteiger partial charge in [0.25, 0.3) is 0 Å². The minimum atomic E-state index is -0.572. The van der Waals surface area contributed by atoms with Crippen molar-refractivity contribution >= 4 is 5.91 Å². The maximum Gasteiger partial charge on any atom is 0.222 e. The molecule has 3 heteroatoms. The lowest BCUT2D eigenvalue weighted by Gasteiger charge is -2.46. The first kappa shape index (κ1) is 12.9. The summed E-state index contributed by atoms with van der Waals surface area (Å²) in [6, 6.07) is 0. The molecule has 0 aromatic carbocycles. The van der Waals surface area contributed by atoms with Crippen molar-refractivity contribution in [3.63, 3.8) is 0 Å². The molecule has 3 nitrogen and oxygen atoms in total. The van der Waals surface area contributed by atoms with Gasteiger partial charge in [-0.15, -0.1) is 0 Å². The number of aliphatic hydroxyl groups is 1. The first-order chi connectivity index (χ1) is 8.13. The van der Waals surface area contributed by atoms with Crippen LogP contribution in [-0.2, 0) is 4.79 Å². The Bertz CT molecular complexity index is 265. The van der Waals surface area contributed by atoms with Crippen molar-refractivity contribution in [2.24, 2.45) is 5.92 Å². The number of nitrogens with zero attached hydrogens (tertiary/aromatic N) is 1. The van der Waals surface area contributed by atoms with Gasteiger partial charge in [-0.05, 0) is 18.8 Å². The van der Waals surface area contributed by atoms with E-state index in [4.69, 9.17) is 0 Å². The lowest BCUT2D eigenvalue weighted by Crippen LogP contribution is -2.63. The van der Waals surface area contributed by atoms with Crippen LogP contribution in [0.25, 0.3) is 0 Å². The Hall–Kier alpha value is -0.570. The summed E-state index contributed by atoms with van der Waals surface area (Å²) >= 11 is 0. The van der Waals surface area contributed by atoms with Gasteiger partial charge in [0, 0.05) is 6.42 Å². The second kappa shape index (κ2) is 5.38. The van der Waals surface area contributed by atoms with Crippen LogP contribution in [0.15, 0.2) is 0 Å². The van der Waals surface area contributed by atoms with Crippen molar-refractivity contribution < 1.29 is 9.90 Å². The second-order valence-electron chi connectivity index (χ2n) is 5.91. The van der Waals surface area contributed by atoms with Crippen molar-refractivity contribution in [2.45, 2.75) is 63.9 Å². The zero-order chi connectivity index (χ0) is 12.3. The van der Waals surface area contributed by atoms with Crippen LogP contribution in [0.4, 0.5) is 0 Å². The fourth-order valence-corrected chi connectivity index (χ4v) is 3.25. The van der Waals surface area contributed by atoms with Gasteiger partial charge in [-0.3, -0.25) is 4.79 Å². The van der Waals surface area contributed by atoms with Crippen LogP contribution in [0.3, 0.4) is 0 Å². The maximum absolute atomic E-state index is 11.9. The summed E-state index contributed by atoms with van der Waals surface area (Å²) in [7, 11) is 0. The van der Waals surface area contributed by atoms with Crippen molar-refractivity contribution in [1.29, 1.82) is 0 Å². The summed E-state index contributed by atoms with van der Waals surface area (Å²) in [6.45, 7) is 3.19. The molecule has 2 fully saturated rings. The lowest BCUT2D eigenvalue weighted by atomic mass is 9.88. The molecule has 0 aromatic heterocycles. The molecule has 1 saturated carbocycles. The summed E-state index contributed by atoms with van der Waals surface area (Å²) in [5.74, 6) is 1.03. The number of hydrogen-bond acceptors (Lipinski definition) is 2. The number of β-amino-alcohol motifs (C(OH)–C–C–N with tert-alkyl or cyclic N) is 1. The van der Waals surface area contributed by atoms with Gasteiger partial charge < -0.3 is 10.0 Å². The number of carbonyl (C=O) groups excluding carboxylic acids is 1. The molecule has 0 spiro atoms. The molecule has 17 heavy (non-hydrogen) atoms. The van der Waals surface area contributed by atoms with Gasteiger partial charge in [-0.1, -0.05) is 39.0 Å². The monoisotopic (exact) mass is 239 g/mol. The largest absolute Gasteiger partial charge is 0.386 e. The normalized spacial score (nSPS) is 23.8. The molecule has 1 aliphatic heterocycles. The molecule has 2 aliphatic rings. The van der Waals surface area contributed by atoms with E-state index in [-0.39, 0.29) is 5.91 Å². The van der Waals surface area contributed by atoms with Crippen LogP contribution in [0.5, 0.6) is 0 Å². The molecule has 0 unspecified atom stereocenters. The zero-order valence-corrected chi connectivity index (χ0v) is 11.0. The smallest absolute Gasteiger partial charge is 0.222 e. The average molecular weight is 239 g/mol. The van der Waals surface area contributed by atoms with E-state index in [9.17, 15) is 9.90 Å². The van der Waals surface area contributed by atoms with Gasteiger partial charge in [0.05, 0.1) is 18.7 Å². The highest BCUT2D eigenvalue weighted by Crippen LogP contribution is 2.30. The zero-order valence-electron chi connectivity index (χ0n) is 11.0. The predicted octanol–water partition coefficient (Wildman–Crippen LogP) is 2.33. The molecule has 0 atom stereocenters. The minimum absolute atomic E-state index is 0.248. The van der Waals surface area contributed by atoms with Crippen LogP contribution in [0.2, 0.25) is 0 Å². The van der Waals surface area contributed by atoms with E-state index in [0.29, 0.717) is 19.5 Å². The van der Waals surface area contributed by atoms with E-state index in [1.165, 1.54) is 25.7 Å². The number of rotatable bonds is 5. The average Bonchev–Trinajstić information content (AvgIpc) is 2.75. The Morgan fingerprint density at radius 3 is 2.59 bits per heavy atom.